The van der Waals surface area contributed by atoms with Crippen LogP contribution < -0.4 is 10.0 Å². The van der Waals surface area contributed by atoms with E-state index in [9.17, 15) is 8.42 Å². The predicted molar refractivity (Wildman–Crippen MR) is 94.8 cm³/mol. The van der Waals surface area contributed by atoms with Crippen LogP contribution in [0.4, 0.5) is 5.69 Å². The maximum Gasteiger partial charge on any atom is 0.246 e. The van der Waals surface area contributed by atoms with Crippen molar-refractivity contribution < 1.29 is 12.9 Å². The molecule has 0 saturated heterocycles. The molecule has 1 aliphatic rings. The highest BCUT2D eigenvalue weighted by molar-refractivity contribution is 7.89. The molecule has 0 amide bonds. The third kappa shape index (κ3) is 3.06. The number of primary sulfonamides is 1. The molecule has 3 aromatic rings. The van der Waals surface area contributed by atoms with Gasteiger partial charge in [-0.2, -0.15) is 4.98 Å². The van der Waals surface area contributed by atoms with E-state index >= 15 is 0 Å². The molecule has 7 nitrogen and oxygen atoms in total. The van der Waals surface area contributed by atoms with Crippen LogP contribution in [0.1, 0.15) is 18.4 Å². The fourth-order valence-corrected chi connectivity index (χ4v) is 4.27. The molecule has 3 heterocycles. The molecule has 0 bridgehead atoms. The lowest BCUT2D eigenvalue weighted by atomic mass is 10.1. The summed E-state index contributed by atoms with van der Waals surface area (Å²) in [7, 11) is -3.70. The molecule has 25 heavy (non-hydrogen) atoms. The van der Waals surface area contributed by atoms with Crippen LogP contribution in [-0.2, 0) is 23.0 Å². The molecule has 9 heteroatoms. The average molecular weight is 376 g/mol. The zero-order valence-corrected chi connectivity index (χ0v) is 15.0. The van der Waals surface area contributed by atoms with Crippen LogP contribution in [0.5, 0.6) is 0 Å². The molecule has 1 atom stereocenters. The van der Waals surface area contributed by atoms with E-state index in [2.05, 4.69) is 22.0 Å². The first kappa shape index (κ1) is 16.2. The minimum absolute atomic E-state index is 0.137. The highest BCUT2D eigenvalue weighted by Gasteiger charge is 2.28. The lowest BCUT2D eigenvalue weighted by Crippen LogP contribution is -2.28. The van der Waals surface area contributed by atoms with E-state index in [1.54, 1.807) is 23.5 Å². The number of thiophene rings is 1. The van der Waals surface area contributed by atoms with Crippen LogP contribution in [0.2, 0.25) is 0 Å². The van der Waals surface area contributed by atoms with Gasteiger partial charge in [0.05, 0.1) is 16.3 Å². The molecule has 0 aliphatic carbocycles. The number of rotatable bonds is 4. The van der Waals surface area contributed by atoms with E-state index < -0.39 is 10.0 Å². The van der Waals surface area contributed by atoms with E-state index in [0.717, 1.165) is 22.5 Å². The third-order valence-corrected chi connectivity index (χ3v) is 6.03. The highest BCUT2D eigenvalue weighted by atomic mass is 32.2. The van der Waals surface area contributed by atoms with Gasteiger partial charge in [-0.3, -0.25) is 0 Å². The summed E-state index contributed by atoms with van der Waals surface area (Å²) in [6.07, 6.45) is 0.741. The molecule has 0 fully saturated rings. The van der Waals surface area contributed by atoms with Gasteiger partial charge in [-0.25, -0.2) is 13.6 Å². The Labute approximate surface area is 149 Å². The molecule has 0 unspecified atom stereocenters. The Morgan fingerprint density at radius 3 is 2.96 bits per heavy atom. The fourth-order valence-electron chi connectivity index (χ4n) is 3.06. The summed E-state index contributed by atoms with van der Waals surface area (Å²) < 4.78 is 28.4. The summed E-state index contributed by atoms with van der Waals surface area (Å²) >= 11 is 1.56. The molecular formula is C16H16N4O3S2. The molecular weight excluding hydrogens is 360 g/mol. The first-order valence-electron chi connectivity index (χ1n) is 7.70. The van der Waals surface area contributed by atoms with Crippen molar-refractivity contribution >= 4 is 27.0 Å². The number of sulfonamides is 1. The number of aromatic nitrogens is 2. The second kappa shape index (κ2) is 5.94. The Hall–Kier alpha value is -2.23. The summed E-state index contributed by atoms with van der Waals surface area (Å²) in [5.74, 6) is 1.11. The van der Waals surface area contributed by atoms with Gasteiger partial charge in [-0.1, -0.05) is 11.2 Å². The van der Waals surface area contributed by atoms with Gasteiger partial charge >= 0.3 is 0 Å². The third-order valence-electron chi connectivity index (χ3n) is 4.25. The number of benzene rings is 1. The summed E-state index contributed by atoms with van der Waals surface area (Å²) in [4.78, 5) is 7.69. The van der Waals surface area contributed by atoms with Crippen molar-refractivity contribution in [2.75, 3.05) is 4.90 Å². The second-order valence-electron chi connectivity index (χ2n) is 6.01. The molecule has 2 aromatic heterocycles. The Balaban J connectivity index is 1.60. The van der Waals surface area contributed by atoms with Crippen LogP contribution in [0.3, 0.4) is 0 Å². The number of hydrogen-bond donors (Lipinski definition) is 1. The van der Waals surface area contributed by atoms with Crippen molar-refractivity contribution in [3.05, 3.63) is 47.2 Å². The number of nitrogens with zero attached hydrogens (tertiary/aromatic N) is 3. The topological polar surface area (TPSA) is 102 Å². The van der Waals surface area contributed by atoms with Crippen LogP contribution in [-0.4, -0.2) is 24.6 Å². The van der Waals surface area contributed by atoms with E-state index in [1.807, 2.05) is 17.5 Å². The van der Waals surface area contributed by atoms with E-state index in [0.29, 0.717) is 18.3 Å². The van der Waals surface area contributed by atoms with Crippen LogP contribution in [0.15, 0.2) is 45.1 Å². The maximum atomic E-state index is 11.5. The van der Waals surface area contributed by atoms with Gasteiger partial charge in [0.15, 0.2) is 0 Å². The van der Waals surface area contributed by atoms with Crippen molar-refractivity contribution in [3.63, 3.8) is 0 Å². The van der Waals surface area contributed by atoms with Crippen molar-refractivity contribution in [3.8, 4) is 10.7 Å². The van der Waals surface area contributed by atoms with Crippen molar-refractivity contribution in [2.24, 2.45) is 5.14 Å². The molecule has 0 spiro atoms. The zero-order valence-electron chi connectivity index (χ0n) is 13.4. The summed E-state index contributed by atoms with van der Waals surface area (Å²) in [5.41, 5.74) is 1.92. The molecule has 1 aliphatic heterocycles. The van der Waals surface area contributed by atoms with Crippen molar-refractivity contribution in [1.29, 1.82) is 0 Å². The Bertz CT molecular complexity index is 1010. The highest BCUT2D eigenvalue weighted by Crippen LogP contribution is 2.35. The largest absolute Gasteiger partial charge is 0.359 e. The number of nitrogens with two attached hydrogens (primary N) is 1. The van der Waals surface area contributed by atoms with Gasteiger partial charge in [0.2, 0.25) is 21.7 Å². The van der Waals surface area contributed by atoms with Gasteiger partial charge in [-0.05, 0) is 48.6 Å². The molecule has 1 aromatic carbocycles. The van der Waals surface area contributed by atoms with Crippen molar-refractivity contribution in [1.82, 2.24) is 10.1 Å². The Kier molecular flexibility index (Phi) is 3.86. The fraction of sp³-hybridized carbons (Fsp3) is 0.250. The lowest BCUT2D eigenvalue weighted by molar-refractivity contribution is 0.374. The van der Waals surface area contributed by atoms with Gasteiger partial charge in [0.1, 0.15) is 0 Å². The molecule has 130 valence electrons. The van der Waals surface area contributed by atoms with Gasteiger partial charge in [0.25, 0.3) is 0 Å². The molecule has 4 rings (SSSR count). The first-order chi connectivity index (χ1) is 11.9. The predicted octanol–water partition coefficient (Wildman–Crippen LogP) is 2.40. The van der Waals surface area contributed by atoms with Gasteiger partial charge in [-0.15, -0.1) is 11.3 Å². The average Bonchev–Trinajstić information content (AvgIpc) is 3.27. The summed E-state index contributed by atoms with van der Waals surface area (Å²) in [6.45, 7) is 2.55. The minimum atomic E-state index is -3.70. The summed E-state index contributed by atoms with van der Waals surface area (Å²) in [5, 5.41) is 11.2. The standard InChI is InChI=1S/C16H16N4O3S2/c1-10-7-11-8-12(25(17,21)22)4-5-13(11)20(10)9-15-18-16(19-23-15)14-3-2-6-24-14/h2-6,8,10H,7,9H2,1H3,(H2,17,21,22)/t10-/m0/s1. The van der Waals surface area contributed by atoms with E-state index in [-0.39, 0.29) is 10.9 Å². The Morgan fingerprint density at radius 2 is 2.24 bits per heavy atom. The second-order valence-corrected chi connectivity index (χ2v) is 8.51. The van der Waals surface area contributed by atoms with Gasteiger partial charge in [0, 0.05) is 11.7 Å². The molecule has 0 radical (unpaired) electrons. The van der Waals surface area contributed by atoms with Gasteiger partial charge < -0.3 is 9.42 Å². The number of fused-ring (bicyclic) bond motifs is 1. The molecule has 2 N–H and O–H groups in total. The van der Waals surface area contributed by atoms with Crippen LogP contribution >= 0.6 is 11.3 Å². The number of hydrogen-bond acceptors (Lipinski definition) is 7. The summed E-state index contributed by atoms with van der Waals surface area (Å²) in [6, 6.07) is 9.05. The first-order valence-corrected chi connectivity index (χ1v) is 10.1. The monoisotopic (exact) mass is 376 g/mol. The van der Waals surface area contributed by atoms with Crippen LogP contribution in [0.25, 0.3) is 10.7 Å². The minimum Gasteiger partial charge on any atom is -0.359 e. The zero-order chi connectivity index (χ0) is 17.6. The lowest BCUT2D eigenvalue weighted by Gasteiger charge is -2.22. The van der Waals surface area contributed by atoms with Crippen LogP contribution in [0, 0.1) is 0 Å². The smallest absolute Gasteiger partial charge is 0.246 e. The molecule has 0 saturated carbocycles. The van der Waals surface area contributed by atoms with E-state index in [1.165, 1.54) is 6.07 Å². The SMILES string of the molecule is C[C@H]1Cc2cc(S(N)(=O)=O)ccc2N1Cc1nc(-c2cccs2)no1. The normalized spacial score (nSPS) is 17.0. The maximum absolute atomic E-state index is 11.5. The Morgan fingerprint density at radius 1 is 1.40 bits per heavy atom. The number of anilines is 1. The van der Waals surface area contributed by atoms with Crippen molar-refractivity contribution in [2.45, 2.75) is 30.8 Å². The quantitative estimate of drug-likeness (QED) is 0.750. The van der Waals surface area contributed by atoms with E-state index in [4.69, 9.17) is 9.66 Å².